The molecule has 2 heterocycles. The monoisotopic (exact) mass is 494 g/mol. The van der Waals surface area contributed by atoms with E-state index in [1.165, 1.54) is 22.3 Å². The molecule has 1 saturated carbocycles. The van der Waals surface area contributed by atoms with Crippen molar-refractivity contribution in [3.8, 4) is 11.1 Å². The quantitative estimate of drug-likeness (QED) is 0.480. The number of urea groups is 1. The number of hydrogen-bond donors (Lipinski definition) is 2. The number of aryl methyl sites for hydroxylation is 1. The summed E-state index contributed by atoms with van der Waals surface area (Å²) in [5, 5.41) is 5.94. The Morgan fingerprint density at radius 3 is 2.51 bits per heavy atom. The molecule has 1 aliphatic carbocycles. The van der Waals surface area contributed by atoms with Gasteiger partial charge in [-0.2, -0.15) is 0 Å². The molecule has 6 heteroatoms. The van der Waals surface area contributed by atoms with E-state index in [4.69, 9.17) is 0 Å². The molecule has 2 aliphatic heterocycles. The molecule has 6 nitrogen and oxygen atoms in total. The Bertz CT molecular complexity index is 1310. The molecule has 1 spiro atoms. The molecule has 190 valence electrons. The first kappa shape index (κ1) is 23.7. The van der Waals surface area contributed by atoms with Gasteiger partial charge in [-0.3, -0.25) is 14.6 Å². The predicted molar refractivity (Wildman–Crippen MR) is 147 cm³/mol. The van der Waals surface area contributed by atoms with Crippen molar-refractivity contribution in [2.75, 3.05) is 36.4 Å². The highest BCUT2D eigenvalue weighted by Crippen LogP contribution is 2.59. The van der Waals surface area contributed by atoms with Crippen molar-refractivity contribution in [3.05, 3.63) is 83.9 Å². The Morgan fingerprint density at radius 1 is 1.00 bits per heavy atom. The fourth-order valence-electron chi connectivity index (χ4n) is 6.07. The summed E-state index contributed by atoms with van der Waals surface area (Å²) in [5.74, 6) is 0.199. The number of carbonyl (C=O) groups is 2. The first-order chi connectivity index (χ1) is 18.0. The number of carbonyl (C=O) groups excluding carboxylic acids is 2. The molecular weight excluding hydrogens is 460 g/mol. The van der Waals surface area contributed by atoms with Crippen LogP contribution in [0, 0.1) is 18.3 Å². The molecule has 6 rings (SSSR count). The first-order valence-corrected chi connectivity index (χ1v) is 13.3. The molecule has 37 heavy (non-hydrogen) atoms. The first-order valence-electron chi connectivity index (χ1n) is 13.3. The van der Waals surface area contributed by atoms with E-state index in [-0.39, 0.29) is 23.3 Å². The summed E-state index contributed by atoms with van der Waals surface area (Å²) in [4.78, 5) is 29.3. The zero-order valence-corrected chi connectivity index (χ0v) is 21.4. The van der Waals surface area contributed by atoms with Crippen molar-refractivity contribution in [1.29, 1.82) is 0 Å². The van der Waals surface area contributed by atoms with Crippen LogP contribution in [0.25, 0.3) is 11.1 Å². The lowest BCUT2D eigenvalue weighted by molar-refractivity contribution is -0.118. The van der Waals surface area contributed by atoms with E-state index in [2.05, 4.69) is 71.0 Å². The van der Waals surface area contributed by atoms with E-state index < -0.39 is 0 Å². The Kier molecular flexibility index (Phi) is 6.21. The minimum Gasteiger partial charge on any atom is -0.336 e. The standard InChI is InChI=1S/C31H34N4O2/c1-22-5-2-3-8-27(22)24-11-9-23(10-12-24)21-34-16-13-31(14-17-34)20-28(31)29(36)33-25-6-4-7-26(19-25)35-18-15-32-30(35)37/h2-12,19,28H,13-18,20-21H2,1H3,(H,32,37)(H,33,36). The number of benzene rings is 3. The smallest absolute Gasteiger partial charge is 0.321 e. The third kappa shape index (κ3) is 4.86. The normalized spacial score (nSPS) is 20.6. The van der Waals surface area contributed by atoms with E-state index >= 15 is 0 Å². The van der Waals surface area contributed by atoms with Gasteiger partial charge in [0.2, 0.25) is 5.91 Å². The van der Waals surface area contributed by atoms with Gasteiger partial charge in [-0.25, -0.2) is 4.79 Å². The Hall–Kier alpha value is -3.64. The number of nitrogens with one attached hydrogen (secondary N) is 2. The van der Waals surface area contributed by atoms with Crippen LogP contribution in [0.4, 0.5) is 16.2 Å². The van der Waals surface area contributed by atoms with Crippen LogP contribution in [0.5, 0.6) is 0 Å². The second kappa shape index (κ2) is 9.67. The van der Waals surface area contributed by atoms with Gasteiger partial charge in [0.25, 0.3) is 0 Å². The third-order valence-electron chi connectivity index (χ3n) is 8.46. The zero-order chi connectivity index (χ0) is 25.4. The second-order valence-electron chi connectivity index (χ2n) is 10.8. The average Bonchev–Trinajstić information content (AvgIpc) is 3.45. The van der Waals surface area contributed by atoms with Crippen molar-refractivity contribution in [2.24, 2.45) is 11.3 Å². The molecule has 3 aliphatic rings. The highest BCUT2D eigenvalue weighted by atomic mass is 16.2. The summed E-state index contributed by atoms with van der Waals surface area (Å²) in [6.45, 7) is 6.47. The molecule has 3 amide bonds. The Balaban J connectivity index is 1.01. The molecule has 0 bridgehead atoms. The van der Waals surface area contributed by atoms with E-state index in [0.717, 1.165) is 50.3 Å². The lowest BCUT2D eigenvalue weighted by Crippen LogP contribution is -2.35. The van der Waals surface area contributed by atoms with Gasteiger partial charge in [0, 0.05) is 36.9 Å². The minimum absolute atomic E-state index is 0.0846. The number of likely N-dealkylation sites (tertiary alicyclic amines) is 1. The molecule has 3 aromatic carbocycles. The number of nitrogens with zero attached hydrogens (tertiary/aromatic N) is 2. The molecular formula is C31H34N4O2. The van der Waals surface area contributed by atoms with Gasteiger partial charge in [0.05, 0.1) is 0 Å². The van der Waals surface area contributed by atoms with Gasteiger partial charge >= 0.3 is 6.03 Å². The second-order valence-corrected chi connectivity index (χ2v) is 10.8. The maximum Gasteiger partial charge on any atom is 0.321 e. The van der Waals surface area contributed by atoms with E-state index in [9.17, 15) is 9.59 Å². The van der Waals surface area contributed by atoms with Crippen LogP contribution < -0.4 is 15.5 Å². The van der Waals surface area contributed by atoms with Crippen LogP contribution in [-0.4, -0.2) is 43.0 Å². The van der Waals surface area contributed by atoms with Crippen molar-refractivity contribution in [1.82, 2.24) is 10.2 Å². The molecule has 3 fully saturated rings. The van der Waals surface area contributed by atoms with Gasteiger partial charge in [-0.15, -0.1) is 0 Å². The summed E-state index contributed by atoms with van der Waals surface area (Å²) in [7, 11) is 0. The summed E-state index contributed by atoms with van der Waals surface area (Å²) < 4.78 is 0. The maximum atomic E-state index is 13.1. The van der Waals surface area contributed by atoms with E-state index in [0.29, 0.717) is 13.1 Å². The fourth-order valence-corrected chi connectivity index (χ4v) is 6.07. The SMILES string of the molecule is Cc1ccccc1-c1ccc(CN2CCC3(CC2)CC3C(=O)Nc2cccc(N3CCNC3=O)c2)cc1. The third-order valence-corrected chi connectivity index (χ3v) is 8.46. The number of rotatable bonds is 6. The van der Waals surface area contributed by atoms with Crippen molar-refractivity contribution in [3.63, 3.8) is 0 Å². The molecule has 1 unspecified atom stereocenters. The number of amides is 3. The number of hydrogen-bond acceptors (Lipinski definition) is 3. The van der Waals surface area contributed by atoms with Crippen molar-refractivity contribution in [2.45, 2.75) is 32.7 Å². The van der Waals surface area contributed by atoms with Gasteiger partial charge in [-0.1, -0.05) is 54.6 Å². The molecule has 2 N–H and O–H groups in total. The summed E-state index contributed by atoms with van der Waals surface area (Å²) >= 11 is 0. The molecule has 3 aromatic rings. The van der Waals surface area contributed by atoms with Gasteiger partial charge < -0.3 is 10.6 Å². The topological polar surface area (TPSA) is 64.7 Å². The lowest BCUT2D eigenvalue weighted by atomic mass is 9.90. The maximum absolute atomic E-state index is 13.1. The van der Waals surface area contributed by atoms with Crippen LogP contribution >= 0.6 is 0 Å². The Morgan fingerprint density at radius 2 is 1.78 bits per heavy atom. The molecule has 0 radical (unpaired) electrons. The number of anilines is 2. The van der Waals surface area contributed by atoms with Crippen LogP contribution in [0.1, 0.15) is 30.4 Å². The predicted octanol–water partition coefficient (Wildman–Crippen LogP) is 5.43. The zero-order valence-electron chi connectivity index (χ0n) is 21.4. The number of piperidine rings is 1. The van der Waals surface area contributed by atoms with Crippen LogP contribution in [0.15, 0.2) is 72.8 Å². The van der Waals surface area contributed by atoms with E-state index in [1.807, 2.05) is 24.3 Å². The molecule has 1 atom stereocenters. The highest BCUT2D eigenvalue weighted by molar-refractivity contribution is 5.97. The molecule has 0 aromatic heterocycles. The Labute approximate surface area is 218 Å². The van der Waals surface area contributed by atoms with Crippen molar-refractivity contribution >= 4 is 23.3 Å². The largest absolute Gasteiger partial charge is 0.336 e. The van der Waals surface area contributed by atoms with Gasteiger partial charge in [0.15, 0.2) is 0 Å². The average molecular weight is 495 g/mol. The lowest BCUT2D eigenvalue weighted by Gasteiger charge is -2.32. The van der Waals surface area contributed by atoms with Crippen molar-refractivity contribution < 1.29 is 9.59 Å². The van der Waals surface area contributed by atoms with Crippen LogP contribution in [0.2, 0.25) is 0 Å². The fraction of sp³-hybridized carbons (Fsp3) is 0.355. The summed E-state index contributed by atoms with van der Waals surface area (Å²) in [6, 6.07) is 25.0. The van der Waals surface area contributed by atoms with Crippen LogP contribution in [0.3, 0.4) is 0 Å². The van der Waals surface area contributed by atoms with E-state index in [1.54, 1.807) is 4.90 Å². The molecule has 2 saturated heterocycles. The summed E-state index contributed by atoms with van der Waals surface area (Å²) in [5.41, 5.74) is 6.92. The van der Waals surface area contributed by atoms with Gasteiger partial charge in [-0.05, 0) is 85.1 Å². The summed E-state index contributed by atoms with van der Waals surface area (Å²) in [6.07, 6.45) is 3.12. The highest BCUT2D eigenvalue weighted by Gasteiger charge is 2.58. The van der Waals surface area contributed by atoms with Crippen LogP contribution in [-0.2, 0) is 11.3 Å². The van der Waals surface area contributed by atoms with Gasteiger partial charge in [0.1, 0.15) is 0 Å². The minimum atomic E-state index is -0.0846.